The van der Waals surface area contributed by atoms with Gasteiger partial charge in [-0.15, -0.1) is 11.6 Å². The zero-order valence-electron chi connectivity index (χ0n) is 5.10. The van der Waals surface area contributed by atoms with Crippen molar-refractivity contribution >= 4 is 11.6 Å². The van der Waals surface area contributed by atoms with Gasteiger partial charge in [0.2, 0.25) is 0 Å². The predicted molar refractivity (Wildman–Crippen MR) is 32.9 cm³/mol. The normalized spacial score (nSPS) is 18.0. The molecule has 0 aromatic heterocycles. The Morgan fingerprint density at radius 3 is 2.38 bits per heavy atom. The Kier molecular flexibility index (Phi) is 4.23. The molecule has 0 fully saturated rings. The van der Waals surface area contributed by atoms with Crippen LogP contribution in [0.15, 0.2) is 0 Å². The van der Waals surface area contributed by atoms with Crippen molar-refractivity contribution in [1.29, 1.82) is 0 Å². The van der Waals surface area contributed by atoms with Crippen LogP contribution in [-0.2, 0) is 4.74 Å². The van der Waals surface area contributed by atoms with Gasteiger partial charge in [0.25, 0.3) is 0 Å². The van der Waals surface area contributed by atoms with Crippen LogP contribution in [0.4, 0.5) is 0 Å². The van der Waals surface area contributed by atoms with Crippen LogP contribution in [0.1, 0.15) is 13.3 Å². The maximum atomic E-state index is 8.77. The summed E-state index contributed by atoms with van der Waals surface area (Å²) < 4.78 is 4.53. The van der Waals surface area contributed by atoms with Crippen LogP contribution in [-0.4, -0.2) is 23.9 Å². The van der Waals surface area contributed by atoms with Gasteiger partial charge in [0, 0.05) is 7.11 Å². The second-order valence-electron chi connectivity index (χ2n) is 1.55. The molecule has 0 aliphatic heterocycles. The third-order valence-electron chi connectivity index (χ3n) is 0.941. The number of alkyl halides is 1. The van der Waals surface area contributed by atoms with Crippen molar-refractivity contribution in [2.24, 2.45) is 0 Å². The summed E-state index contributed by atoms with van der Waals surface area (Å²) in [5, 5.41) is 8.49. The molecule has 0 heterocycles. The van der Waals surface area contributed by atoms with Crippen molar-refractivity contribution in [3.05, 3.63) is 0 Å². The van der Waals surface area contributed by atoms with E-state index in [-0.39, 0.29) is 5.38 Å². The Bertz CT molecular complexity index is 50.4. The maximum absolute atomic E-state index is 8.77. The molecule has 0 bridgehead atoms. The summed E-state index contributed by atoms with van der Waals surface area (Å²) in [5.41, 5.74) is 0. The van der Waals surface area contributed by atoms with E-state index in [9.17, 15) is 0 Å². The number of hydrogen-bond acceptors (Lipinski definition) is 2. The van der Waals surface area contributed by atoms with Gasteiger partial charge in [0.05, 0.1) is 5.38 Å². The highest BCUT2D eigenvalue weighted by molar-refractivity contribution is 6.20. The topological polar surface area (TPSA) is 29.5 Å². The third kappa shape index (κ3) is 2.50. The zero-order chi connectivity index (χ0) is 6.57. The summed E-state index contributed by atoms with van der Waals surface area (Å²) in [5.74, 6) is 0. The first-order chi connectivity index (χ1) is 3.72. The second kappa shape index (κ2) is 4.13. The Hall–Kier alpha value is 0.210. The SMILES string of the molecule is CCC(Cl)C(O)OC. The number of hydrogen-bond donors (Lipinski definition) is 1. The first kappa shape index (κ1) is 8.21. The van der Waals surface area contributed by atoms with Gasteiger partial charge < -0.3 is 9.84 Å². The molecular formula is C5H11ClO2. The monoisotopic (exact) mass is 138 g/mol. The molecule has 2 unspecified atom stereocenters. The Morgan fingerprint density at radius 2 is 2.25 bits per heavy atom. The molecule has 0 radical (unpaired) electrons. The number of methoxy groups -OCH3 is 1. The van der Waals surface area contributed by atoms with Crippen molar-refractivity contribution in [2.75, 3.05) is 7.11 Å². The fourth-order valence-corrected chi connectivity index (χ4v) is 0.452. The van der Waals surface area contributed by atoms with Crippen LogP contribution in [0.25, 0.3) is 0 Å². The first-order valence-corrected chi connectivity index (χ1v) is 3.01. The van der Waals surface area contributed by atoms with E-state index in [1.807, 2.05) is 6.92 Å². The van der Waals surface area contributed by atoms with E-state index in [0.29, 0.717) is 0 Å². The van der Waals surface area contributed by atoms with Gasteiger partial charge in [-0.3, -0.25) is 0 Å². The highest BCUT2D eigenvalue weighted by atomic mass is 35.5. The molecule has 0 aliphatic carbocycles. The van der Waals surface area contributed by atoms with E-state index >= 15 is 0 Å². The summed E-state index contributed by atoms with van der Waals surface area (Å²) in [6.45, 7) is 1.89. The summed E-state index contributed by atoms with van der Waals surface area (Å²) in [4.78, 5) is 0. The molecule has 50 valence electrons. The van der Waals surface area contributed by atoms with Crippen LogP contribution in [0.3, 0.4) is 0 Å². The predicted octanol–water partition coefficient (Wildman–Crippen LogP) is 0.969. The third-order valence-corrected chi connectivity index (χ3v) is 1.47. The lowest BCUT2D eigenvalue weighted by Gasteiger charge is -2.11. The Balaban J connectivity index is 3.29. The molecule has 2 atom stereocenters. The van der Waals surface area contributed by atoms with Crippen LogP contribution < -0.4 is 0 Å². The van der Waals surface area contributed by atoms with Crippen molar-refractivity contribution in [3.8, 4) is 0 Å². The van der Waals surface area contributed by atoms with E-state index in [1.165, 1.54) is 7.11 Å². The number of ether oxygens (including phenoxy) is 1. The first-order valence-electron chi connectivity index (χ1n) is 2.57. The molecule has 1 N–H and O–H groups in total. The van der Waals surface area contributed by atoms with E-state index in [2.05, 4.69) is 4.74 Å². The Morgan fingerprint density at radius 1 is 1.75 bits per heavy atom. The molecule has 0 saturated heterocycles. The van der Waals surface area contributed by atoms with Gasteiger partial charge in [0.1, 0.15) is 0 Å². The molecule has 0 aromatic carbocycles. The standard InChI is InChI=1S/C5H11ClO2/c1-3-4(6)5(7)8-2/h4-5,7H,3H2,1-2H3. The summed E-state index contributed by atoms with van der Waals surface area (Å²) in [6, 6.07) is 0. The molecule has 0 amide bonds. The quantitative estimate of drug-likeness (QED) is 0.465. The number of rotatable bonds is 3. The summed E-state index contributed by atoms with van der Waals surface area (Å²) in [6.07, 6.45) is -0.0991. The molecule has 0 aliphatic rings. The van der Waals surface area contributed by atoms with Crippen LogP contribution in [0.2, 0.25) is 0 Å². The minimum atomic E-state index is -0.818. The highest BCUT2D eigenvalue weighted by Crippen LogP contribution is 2.06. The van der Waals surface area contributed by atoms with E-state index in [4.69, 9.17) is 16.7 Å². The van der Waals surface area contributed by atoms with Gasteiger partial charge in [-0.05, 0) is 6.42 Å². The molecule has 2 nitrogen and oxygen atoms in total. The lowest BCUT2D eigenvalue weighted by molar-refractivity contribution is -0.0753. The summed E-state index contributed by atoms with van der Waals surface area (Å²) in [7, 11) is 1.43. The number of aliphatic hydroxyl groups is 1. The average molecular weight is 139 g/mol. The number of halogens is 1. The molecule has 8 heavy (non-hydrogen) atoms. The minimum absolute atomic E-state index is 0.278. The maximum Gasteiger partial charge on any atom is 0.170 e. The zero-order valence-corrected chi connectivity index (χ0v) is 5.85. The fourth-order valence-electron chi connectivity index (χ4n) is 0.349. The van der Waals surface area contributed by atoms with Crippen molar-refractivity contribution in [2.45, 2.75) is 25.0 Å². The van der Waals surface area contributed by atoms with Crippen LogP contribution in [0, 0.1) is 0 Å². The average Bonchev–Trinajstić information content (AvgIpc) is 1.84. The van der Waals surface area contributed by atoms with Gasteiger partial charge >= 0.3 is 0 Å². The van der Waals surface area contributed by atoms with Gasteiger partial charge in [-0.2, -0.15) is 0 Å². The molecule has 3 heteroatoms. The van der Waals surface area contributed by atoms with Crippen molar-refractivity contribution in [3.63, 3.8) is 0 Å². The van der Waals surface area contributed by atoms with Gasteiger partial charge in [-0.25, -0.2) is 0 Å². The van der Waals surface area contributed by atoms with Crippen molar-refractivity contribution in [1.82, 2.24) is 0 Å². The van der Waals surface area contributed by atoms with Crippen LogP contribution >= 0.6 is 11.6 Å². The molecule has 0 saturated carbocycles. The number of aliphatic hydroxyl groups excluding tert-OH is 1. The minimum Gasteiger partial charge on any atom is -0.367 e. The Labute approximate surface area is 54.4 Å². The molecule has 0 rings (SSSR count). The smallest absolute Gasteiger partial charge is 0.170 e. The molecule has 0 spiro atoms. The molecule has 0 aromatic rings. The van der Waals surface area contributed by atoms with E-state index in [1.54, 1.807) is 0 Å². The van der Waals surface area contributed by atoms with Crippen molar-refractivity contribution < 1.29 is 9.84 Å². The lowest BCUT2D eigenvalue weighted by atomic mass is 10.3. The molecular weight excluding hydrogens is 128 g/mol. The van der Waals surface area contributed by atoms with E-state index in [0.717, 1.165) is 6.42 Å². The van der Waals surface area contributed by atoms with Crippen LogP contribution in [0.5, 0.6) is 0 Å². The van der Waals surface area contributed by atoms with Gasteiger partial charge in [0.15, 0.2) is 6.29 Å². The largest absolute Gasteiger partial charge is 0.367 e. The lowest BCUT2D eigenvalue weighted by Crippen LogP contribution is -2.21. The fraction of sp³-hybridized carbons (Fsp3) is 1.00. The summed E-state index contributed by atoms with van der Waals surface area (Å²) >= 11 is 5.54. The second-order valence-corrected chi connectivity index (χ2v) is 2.11. The highest BCUT2D eigenvalue weighted by Gasteiger charge is 2.11. The van der Waals surface area contributed by atoms with Gasteiger partial charge in [-0.1, -0.05) is 6.92 Å². The van der Waals surface area contributed by atoms with E-state index < -0.39 is 6.29 Å².